The maximum atomic E-state index is 14.1. The molecule has 2 saturated heterocycles. The molecule has 4 rings (SSSR count). The third kappa shape index (κ3) is 4.35. The van der Waals surface area contributed by atoms with Crippen LogP contribution in [0.4, 0.5) is 23.8 Å². The molecule has 2 aliphatic rings. The lowest BCUT2D eigenvalue weighted by atomic mass is 9.89. The molecule has 2 fully saturated rings. The molecular formula is C23H24F3N5O3. The summed E-state index contributed by atoms with van der Waals surface area (Å²) in [6.45, 7) is 2.08. The number of aromatic nitrogens is 1. The summed E-state index contributed by atoms with van der Waals surface area (Å²) in [4.78, 5) is 44.8. The number of likely N-dealkylation sites (tertiary alicyclic amines) is 1. The van der Waals surface area contributed by atoms with Gasteiger partial charge in [0.05, 0.1) is 12.6 Å². The molecule has 180 valence electrons. The second kappa shape index (κ2) is 9.05. The van der Waals surface area contributed by atoms with Crippen LogP contribution in [0.1, 0.15) is 24.1 Å². The highest BCUT2D eigenvalue weighted by Gasteiger charge is 2.68. The first-order valence-electron chi connectivity index (χ1n) is 10.8. The highest BCUT2D eigenvalue weighted by Crippen LogP contribution is 2.43. The van der Waals surface area contributed by atoms with E-state index < -0.39 is 29.6 Å². The molecule has 34 heavy (non-hydrogen) atoms. The number of aryl methyl sites for hydroxylation is 1. The lowest BCUT2D eigenvalue weighted by Gasteiger charge is -2.34. The van der Waals surface area contributed by atoms with Crippen molar-refractivity contribution in [2.75, 3.05) is 25.1 Å². The third-order valence-corrected chi connectivity index (χ3v) is 6.09. The predicted octanol–water partition coefficient (Wildman–Crippen LogP) is 3.01. The number of rotatable bonds is 5. The van der Waals surface area contributed by atoms with Gasteiger partial charge in [-0.15, -0.1) is 0 Å². The number of carbonyl (C=O) groups excluding carboxylic acids is 3. The number of hydrogen-bond acceptors (Lipinski definition) is 5. The Morgan fingerprint density at radius 3 is 2.59 bits per heavy atom. The summed E-state index contributed by atoms with van der Waals surface area (Å²) in [5.41, 5.74) is -2.76. The van der Waals surface area contributed by atoms with Crippen LogP contribution in [-0.4, -0.2) is 58.6 Å². The Bertz CT molecular complexity index is 1090. The number of amides is 4. The van der Waals surface area contributed by atoms with E-state index in [0.717, 1.165) is 17.8 Å². The van der Waals surface area contributed by atoms with E-state index in [9.17, 15) is 27.6 Å². The molecule has 0 saturated carbocycles. The van der Waals surface area contributed by atoms with Crippen molar-refractivity contribution in [1.29, 1.82) is 0 Å². The zero-order chi connectivity index (χ0) is 24.5. The Hall–Kier alpha value is -3.47. The minimum Gasteiger partial charge on any atom is -0.312 e. The standard InChI is InChI=1S/C23H24F3N5O3/c1-15-7-5-11-18(27-15)28-19(32)16-8-6-12-30(13-16)14-31-20(33)22(23(24,25)26,29-21(31)34)17-9-3-2-4-10-17/h2-5,7,9-11,16H,6,8,12-14H2,1H3,(H,29,34)(H,27,28,32). The van der Waals surface area contributed by atoms with E-state index in [-0.39, 0.29) is 24.7 Å². The number of nitrogens with one attached hydrogen (secondary N) is 2. The van der Waals surface area contributed by atoms with E-state index in [2.05, 4.69) is 10.3 Å². The van der Waals surface area contributed by atoms with Gasteiger partial charge in [-0.25, -0.2) is 14.7 Å². The molecule has 0 radical (unpaired) electrons. The highest BCUT2D eigenvalue weighted by molar-refractivity contribution is 6.08. The van der Waals surface area contributed by atoms with Crippen LogP contribution in [0, 0.1) is 12.8 Å². The first-order valence-corrected chi connectivity index (χ1v) is 10.8. The van der Waals surface area contributed by atoms with Gasteiger partial charge in [-0.05, 0) is 44.0 Å². The van der Waals surface area contributed by atoms with Crippen LogP contribution in [0.25, 0.3) is 0 Å². The molecule has 8 nitrogen and oxygen atoms in total. The van der Waals surface area contributed by atoms with E-state index in [1.807, 2.05) is 5.32 Å². The van der Waals surface area contributed by atoms with Crippen molar-refractivity contribution in [1.82, 2.24) is 20.1 Å². The Labute approximate surface area is 194 Å². The van der Waals surface area contributed by atoms with Gasteiger partial charge in [-0.1, -0.05) is 36.4 Å². The van der Waals surface area contributed by atoms with Crippen LogP contribution in [0.2, 0.25) is 0 Å². The molecule has 2 aromatic rings. The first kappa shape index (κ1) is 23.7. The quantitative estimate of drug-likeness (QED) is 0.649. The molecule has 4 amide bonds. The molecule has 2 N–H and O–H groups in total. The van der Waals surface area contributed by atoms with Gasteiger partial charge in [0.2, 0.25) is 11.4 Å². The summed E-state index contributed by atoms with van der Waals surface area (Å²) in [5.74, 6) is -1.70. The molecule has 2 atom stereocenters. The largest absolute Gasteiger partial charge is 0.425 e. The van der Waals surface area contributed by atoms with E-state index in [1.165, 1.54) is 18.2 Å². The van der Waals surface area contributed by atoms with Gasteiger partial charge in [-0.3, -0.25) is 14.5 Å². The van der Waals surface area contributed by atoms with E-state index in [4.69, 9.17) is 0 Å². The van der Waals surface area contributed by atoms with Crippen LogP contribution < -0.4 is 10.6 Å². The zero-order valence-corrected chi connectivity index (χ0v) is 18.4. The van der Waals surface area contributed by atoms with Gasteiger partial charge >= 0.3 is 12.2 Å². The molecule has 1 aromatic carbocycles. The number of halogens is 3. The fourth-order valence-electron chi connectivity index (χ4n) is 4.38. The van der Waals surface area contributed by atoms with Crippen LogP contribution in [0.5, 0.6) is 0 Å². The number of pyridine rings is 1. The second-order valence-corrected chi connectivity index (χ2v) is 8.49. The Kier molecular flexibility index (Phi) is 6.30. The molecule has 1 aromatic heterocycles. The average Bonchev–Trinajstić information content (AvgIpc) is 3.05. The van der Waals surface area contributed by atoms with Crippen LogP contribution >= 0.6 is 0 Å². The Morgan fingerprint density at radius 1 is 1.18 bits per heavy atom. The Balaban J connectivity index is 1.48. The minimum absolute atomic E-state index is 0.194. The number of piperidine rings is 1. The third-order valence-electron chi connectivity index (χ3n) is 6.09. The molecule has 2 aliphatic heterocycles. The van der Waals surface area contributed by atoms with Crippen LogP contribution in [0.3, 0.4) is 0 Å². The molecule has 2 unspecified atom stereocenters. The monoisotopic (exact) mass is 475 g/mol. The highest BCUT2D eigenvalue weighted by atomic mass is 19.4. The van der Waals surface area contributed by atoms with E-state index in [0.29, 0.717) is 30.1 Å². The summed E-state index contributed by atoms with van der Waals surface area (Å²) >= 11 is 0. The number of urea groups is 1. The summed E-state index contributed by atoms with van der Waals surface area (Å²) in [7, 11) is 0. The summed E-state index contributed by atoms with van der Waals surface area (Å²) in [6, 6.07) is 10.7. The van der Waals surface area contributed by atoms with Crippen molar-refractivity contribution in [2.45, 2.75) is 31.5 Å². The topological polar surface area (TPSA) is 94.6 Å². The van der Waals surface area contributed by atoms with Gasteiger partial charge in [-0.2, -0.15) is 13.2 Å². The summed E-state index contributed by atoms with van der Waals surface area (Å²) in [6.07, 6.45) is -3.88. The maximum Gasteiger partial charge on any atom is 0.425 e. The maximum absolute atomic E-state index is 14.1. The van der Waals surface area contributed by atoms with E-state index in [1.54, 1.807) is 30.0 Å². The average molecular weight is 475 g/mol. The SMILES string of the molecule is Cc1cccc(NC(=O)C2CCCN(CN3C(=O)NC(c4ccccc4)(C(F)(F)F)C3=O)C2)n1. The second-order valence-electron chi connectivity index (χ2n) is 8.49. The molecule has 0 spiro atoms. The van der Waals surface area contributed by atoms with Gasteiger partial charge in [0.15, 0.2) is 0 Å². The van der Waals surface area contributed by atoms with Crippen molar-refractivity contribution < 1.29 is 27.6 Å². The number of benzene rings is 1. The van der Waals surface area contributed by atoms with Crippen molar-refractivity contribution in [2.24, 2.45) is 5.92 Å². The predicted molar refractivity (Wildman–Crippen MR) is 116 cm³/mol. The number of hydrogen-bond donors (Lipinski definition) is 2. The molecule has 0 bridgehead atoms. The van der Waals surface area contributed by atoms with E-state index >= 15 is 0 Å². The van der Waals surface area contributed by atoms with Crippen LogP contribution in [-0.2, 0) is 15.1 Å². The van der Waals surface area contributed by atoms with Crippen molar-refractivity contribution in [3.8, 4) is 0 Å². The number of nitrogens with zero attached hydrogens (tertiary/aromatic N) is 3. The minimum atomic E-state index is -5.04. The molecule has 0 aliphatic carbocycles. The molecule has 11 heteroatoms. The number of carbonyl (C=O) groups is 3. The van der Waals surface area contributed by atoms with Crippen molar-refractivity contribution in [3.05, 3.63) is 59.8 Å². The number of imide groups is 1. The number of anilines is 1. The molecular weight excluding hydrogens is 451 g/mol. The zero-order valence-electron chi connectivity index (χ0n) is 18.4. The van der Waals surface area contributed by atoms with Gasteiger partial charge in [0.1, 0.15) is 5.82 Å². The lowest BCUT2D eigenvalue weighted by Crippen LogP contribution is -2.56. The van der Waals surface area contributed by atoms with Gasteiger partial charge < -0.3 is 10.6 Å². The van der Waals surface area contributed by atoms with Gasteiger partial charge in [0, 0.05) is 12.2 Å². The first-order chi connectivity index (χ1) is 16.1. The van der Waals surface area contributed by atoms with Crippen LogP contribution in [0.15, 0.2) is 48.5 Å². The normalized spacial score (nSPS) is 23.6. The fraction of sp³-hybridized carbons (Fsp3) is 0.391. The molecule has 3 heterocycles. The van der Waals surface area contributed by atoms with Crippen molar-refractivity contribution >= 4 is 23.7 Å². The lowest BCUT2D eigenvalue weighted by molar-refractivity contribution is -0.198. The smallest absolute Gasteiger partial charge is 0.312 e. The summed E-state index contributed by atoms with van der Waals surface area (Å²) in [5, 5.41) is 4.64. The number of alkyl halides is 3. The summed E-state index contributed by atoms with van der Waals surface area (Å²) < 4.78 is 42.4. The fourth-order valence-corrected chi connectivity index (χ4v) is 4.38. The Morgan fingerprint density at radius 2 is 1.91 bits per heavy atom. The van der Waals surface area contributed by atoms with Gasteiger partial charge in [0.25, 0.3) is 5.91 Å². The van der Waals surface area contributed by atoms with Crippen molar-refractivity contribution in [3.63, 3.8) is 0 Å².